The zero-order valence-electron chi connectivity index (χ0n) is 13.4. The van der Waals surface area contributed by atoms with Gasteiger partial charge >= 0.3 is 0 Å². The average Bonchev–Trinajstić information content (AvgIpc) is 3.30. The van der Waals surface area contributed by atoms with Gasteiger partial charge in [0.25, 0.3) is 0 Å². The van der Waals surface area contributed by atoms with Gasteiger partial charge in [0.15, 0.2) is 17.2 Å². The fraction of sp³-hybridized carbons (Fsp3) is 0.176. The Hall–Kier alpha value is -2.80. The summed E-state index contributed by atoms with van der Waals surface area (Å²) >= 11 is 1.49. The van der Waals surface area contributed by atoms with E-state index in [0.717, 1.165) is 4.88 Å². The number of methoxy groups -OCH3 is 3. The lowest BCUT2D eigenvalue weighted by molar-refractivity contribution is 0.103. The molecule has 1 aromatic carbocycles. The van der Waals surface area contributed by atoms with Crippen molar-refractivity contribution in [1.82, 2.24) is 4.98 Å². The second-order valence-electron chi connectivity index (χ2n) is 4.76. The Labute approximate surface area is 142 Å². The van der Waals surface area contributed by atoms with Gasteiger partial charge in [0.1, 0.15) is 6.26 Å². The molecule has 0 atom stereocenters. The van der Waals surface area contributed by atoms with E-state index in [2.05, 4.69) is 4.98 Å². The van der Waals surface area contributed by atoms with Crippen LogP contribution in [0.4, 0.5) is 0 Å². The molecule has 124 valence electrons. The molecule has 0 amide bonds. The highest BCUT2D eigenvalue weighted by Gasteiger charge is 2.21. The van der Waals surface area contributed by atoms with Gasteiger partial charge in [0.2, 0.25) is 17.4 Å². The maximum Gasteiger partial charge on any atom is 0.236 e. The van der Waals surface area contributed by atoms with Crippen molar-refractivity contribution in [3.8, 4) is 28.0 Å². The van der Waals surface area contributed by atoms with E-state index in [1.807, 2.05) is 17.5 Å². The van der Waals surface area contributed by atoms with Crippen LogP contribution in [0.3, 0.4) is 0 Å². The van der Waals surface area contributed by atoms with E-state index in [9.17, 15) is 4.79 Å². The molecule has 3 rings (SSSR count). The third-order valence-corrected chi connectivity index (χ3v) is 4.25. The number of thiophene rings is 1. The largest absolute Gasteiger partial charge is 0.493 e. The van der Waals surface area contributed by atoms with Crippen LogP contribution in [-0.2, 0) is 0 Å². The van der Waals surface area contributed by atoms with E-state index in [4.69, 9.17) is 18.6 Å². The first-order valence-electron chi connectivity index (χ1n) is 7.02. The smallest absolute Gasteiger partial charge is 0.236 e. The summed E-state index contributed by atoms with van der Waals surface area (Å²) in [6.45, 7) is 0. The van der Waals surface area contributed by atoms with Gasteiger partial charge < -0.3 is 18.6 Å². The standard InChI is InChI=1S/C17H15NO5S/c1-20-12-7-10(8-13(21-2)16(12)22-3)15(19)11-9-23-17(18-11)14-5-4-6-24-14/h4-9H,1-3H3. The molecule has 0 aliphatic rings. The van der Waals surface area contributed by atoms with Gasteiger partial charge in [0, 0.05) is 5.56 Å². The first-order chi connectivity index (χ1) is 11.7. The van der Waals surface area contributed by atoms with Crippen molar-refractivity contribution in [2.24, 2.45) is 0 Å². The number of ether oxygens (including phenoxy) is 3. The molecule has 2 aromatic heterocycles. The van der Waals surface area contributed by atoms with Crippen LogP contribution in [0.25, 0.3) is 10.8 Å². The van der Waals surface area contributed by atoms with E-state index in [1.165, 1.54) is 38.9 Å². The molecule has 0 radical (unpaired) electrons. The van der Waals surface area contributed by atoms with Crippen LogP contribution in [0.2, 0.25) is 0 Å². The van der Waals surface area contributed by atoms with E-state index in [-0.39, 0.29) is 11.5 Å². The van der Waals surface area contributed by atoms with Crippen molar-refractivity contribution < 1.29 is 23.4 Å². The normalized spacial score (nSPS) is 10.5. The summed E-state index contributed by atoms with van der Waals surface area (Å²) in [7, 11) is 4.50. The molecule has 0 unspecified atom stereocenters. The minimum atomic E-state index is -0.291. The number of carbonyl (C=O) groups excluding carboxylic acids is 1. The van der Waals surface area contributed by atoms with Crippen molar-refractivity contribution in [2.45, 2.75) is 0 Å². The van der Waals surface area contributed by atoms with Gasteiger partial charge in [-0.3, -0.25) is 4.79 Å². The summed E-state index contributed by atoms with van der Waals surface area (Å²) in [5, 5.41) is 1.92. The SMILES string of the molecule is COc1cc(C(=O)c2coc(-c3cccs3)n2)cc(OC)c1OC. The molecular formula is C17H15NO5S. The molecular weight excluding hydrogens is 330 g/mol. The van der Waals surface area contributed by atoms with E-state index >= 15 is 0 Å². The minimum absolute atomic E-state index is 0.215. The highest BCUT2D eigenvalue weighted by Crippen LogP contribution is 2.38. The number of rotatable bonds is 6. The van der Waals surface area contributed by atoms with Crippen LogP contribution in [0.15, 0.2) is 40.3 Å². The zero-order valence-corrected chi connectivity index (χ0v) is 14.2. The molecule has 7 heteroatoms. The highest BCUT2D eigenvalue weighted by atomic mass is 32.1. The van der Waals surface area contributed by atoms with Crippen molar-refractivity contribution in [3.05, 3.63) is 47.2 Å². The van der Waals surface area contributed by atoms with Gasteiger partial charge in [-0.25, -0.2) is 4.98 Å². The van der Waals surface area contributed by atoms with Crippen LogP contribution >= 0.6 is 11.3 Å². The predicted octanol–water partition coefficient (Wildman–Crippen LogP) is 3.66. The number of oxazole rings is 1. The number of hydrogen-bond acceptors (Lipinski definition) is 7. The van der Waals surface area contributed by atoms with Gasteiger partial charge in [-0.1, -0.05) is 6.07 Å². The summed E-state index contributed by atoms with van der Waals surface area (Å²) < 4.78 is 21.2. The van der Waals surface area contributed by atoms with Crippen LogP contribution < -0.4 is 14.2 Å². The minimum Gasteiger partial charge on any atom is -0.493 e. The van der Waals surface area contributed by atoms with Crippen LogP contribution in [0.5, 0.6) is 17.2 Å². The van der Waals surface area contributed by atoms with Crippen molar-refractivity contribution >= 4 is 17.1 Å². The number of benzene rings is 1. The molecule has 24 heavy (non-hydrogen) atoms. The molecule has 2 heterocycles. The molecule has 0 saturated carbocycles. The topological polar surface area (TPSA) is 70.8 Å². The molecule has 0 saturated heterocycles. The lowest BCUT2D eigenvalue weighted by atomic mass is 10.1. The molecule has 0 bridgehead atoms. The fourth-order valence-corrected chi connectivity index (χ4v) is 2.91. The summed E-state index contributed by atoms with van der Waals surface area (Å²) in [5.41, 5.74) is 0.586. The lowest BCUT2D eigenvalue weighted by Crippen LogP contribution is -2.04. The average molecular weight is 345 g/mol. The summed E-state index contributed by atoms with van der Waals surface area (Å²) in [5.74, 6) is 1.36. The maximum atomic E-state index is 12.7. The number of carbonyl (C=O) groups is 1. The van der Waals surface area contributed by atoms with Gasteiger partial charge in [0.05, 0.1) is 26.2 Å². The highest BCUT2D eigenvalue weighted by molar-refractivity contribution is 7.13. The zero-order chi connectivity index (χ0) is 17.1. The second kappa shape index (κ2) is 6.76. The molecule has 6 nitrogen and oxygen atoms in total. The third-order valence-electron chi connectivity index (χ3n) is 3.40. The van der Waals surface area contributed by atoms with Crippen molar-refractivity contribution in [1.29, 1.82) is 0 Å². The first-order valence-corrected chi connectivity index (χ1v) is 7.90. The van der Waals surface area contributed by atoms with Gasteiger partial charge in [-0.2, -0.15) is 0 Å². The lowest BCUT2D eigenvalue weighted by Gasteiger charge is -2.13. The number of hydrogen-bond donors (Lipinski definition) is 0. The summed E-state index contributed by atoms with van der Waals surface area (Å²) in [4.78, 5) is 17.8. The number of aromatic nitrogens is 1. The second-order valence-corrected chi connectivity index (χ2v) is 5.71. The van der Waals surface area contributed by atoms with Crippen LogP contribution in [-0.4, -0.2) is 32.1 Å². The Morgan fingerprint density at radius 2 is 1.83 bits per heavy atom. The Bertz CT molecular complexity index is 829. The van der Waals surface area contributed by atoms with E-state index < -0.39 is 0 Å². The molecule has 0 spiro atoms. The molecule has 0 N–H and O–H groups in total. The number of nitrogens with zero attached hydrogens (tertiary/aromatic N) is 1. The quantitative estimate of drug-likeness (QED) is 0.635. The molecule has 0 aliphatic heterocycles. The van der Waals surface area contributed by atoms with Crippen molar-refractivity contribution in [2.75, 3.05) is 21.3 Å². The predicted molar refractivity (Wildman–Crippen MR) is 89.3 cm³/mol. The maximum absolute atomic E-state index is 12.7. The fourth-order valence-electron chi connectivity index (χ4n) is 2.25. The van der Waals surface area contributed by atoms with Gasteiger partial charge in [-0.15, -0.1) is 11.3 Å². The Morgan fingerprint density at radius 1 is 1.12 bits per heavy atom. The van der Waals surface area contributed by atoms with Crippen LogP contribution in [0, 0.1) is 0 Å². The Morgan fingerprint density at radius 3 is 2.38 bits per heavy atom. The Balaban J connectivity index is 1.98. The van der Waals surface area contributed by atoms with E-state index in [0.29, 0.717) is 28.7 Å². The first kappa shape index (κ1) is 16.1. The van der Waals surface area contributed by atoms with E-state index in [1.54, 1.807) is 12.1 Å². The van der Waals surface area contributed by atoms with Crippen LogP contribution in [0.1, 0.15) is 16.1 Å². The van der Waals surface area contributed by atoms with Gasteiger partial charge in [-0.05, 0) is 23.6 Å². The summed E-state index contributed by atoms with van der Waals surface area (Å²) in [6, 6.07) is 6.95. The Kier molecular flexibility index (Phi) is 4.52. The molecule has 0 aliphatic carbocycles. The molecule has 3 aromatic rings. The monoisotopic (exact) mass is 345 g/mol. The summed E-state index contributed by atoms with van der Waals surface area (Å²) in [6.07, 6.45) is 1.35. The third kappa shape index (κ3) is 2.85. The van der Waals surface area contributed by atoms with Crippen molar-refractivity contribution in [3.63, 3.8) is 0 Å². The molecule has 0 fully saturated rings. The number of ketones is 1.